The van der Waals surface area contributed by atoms with Crippen molar-refractivity contribution < 1.29 is 9.59 Å². The summed E-state index contributed by atoms with van der Waals surface area (Å²) in [5.41, 5.74) is 5.32. The molecule has 2 aliphatic rings. The molecule has 0 aromatic heterocycles. The molecule has 3 N–H and O–H groups in total. The maximum atomic E-state index is 13.3. The van der Waals surface area contributed by atoms with Crippen LogP contribution < -0.4 is 11.1 Å². The summed E-state index contributed by atoms with van der Waals surface area (Å²) < 4.78 is 0. The molecule has 0 aromatic rings. The van der Waals surface area contributed by atoms with E-state index in [9.17, 15) is 9.59 Å². The molecule has 0 aromatic carbocycles. The second-order valence-corrected chi connectivity index (χ2v) is 10.6. The summed E-state index contributed by atoms with van der Waals surface area (Å²) in [6, 6.07) is -0.727. The number of nitrogens with zero attached hydrogens (tertiary/aromatic N) is 1. The number of amides is 1. The number of unbranched alkanes of at least 4 members (excludes halogenated alkanes) is 1. The predicted octanol–water partition coefficient (Wildman–Crippen LogP) is 3.83. The van der Waals surface area contributed by atoms with E-state index in [4.69, 9.17) is 18.0 Å². The Morgan fingerprint density at radius 2 is 1.86 bits per heavy atom. The van der Waals surface area contributed by atoms with Crippen molar-refractivity contribution in [3.8, 4) is 0 Å². The molecular weight excluding hydrogens is 382 g/mol. The number of likely N-dealkylation sites (tertiary alicyclic amines) is 1. The van der Waals surface area contributed by atoms with Crippen molar-refractivity contribution in [2.45, 2.75) is 97.6 Å². The number of rotatable bonds is 10. The number of hydrogen-bond donors (Lipinski definition) is 2. The van der Waals surface area contributed by atoms with Crippen LogP contribution in [0, 0.1) is 17.3 Å². The van der Waals surface area contributed by atoms with Crippen LogP contribution in [0.3, 0.4) is 0 Å². The normalized spacial score (nSPS) is 25.4. The highest BCUT2D eigenvalue weighted by Gasteiger charge is 2.41. The van der Waals surface area contributed by atoms with Gasteiger partial charge in [0, 0.05) is 19.5 Å². The molecule has 0 unspecified atom stereocenters. The van der Waals surface area contributed by atoms with Gasteiger partial charge in [0.15, 0.2) is 5.78 Å². The Morgan fingerprint density at radius 3 is 2.45 bits per heavy atom. The third kappa shape index (κ3) is 6.74. The molecule has 29 heavy (non-hydrogen) atoms. The first-order valence-corrected chi connectivity index (χ1v) is 11.9. The minimum Gasteiger partial charge on any atom is -0.367 e. The number of carbonyl (C=O) groups is 2. The lowest BCUT2D eigenvalue weighted by Crippen LogP contribution is -2.57. The van der Waals surface area contributed by atoms with E-state index in [1.54, 1.807) is 4.90 Å². The molecule has 166 valence electrons. The van der Waals surface area contributed by atoms with E-state index in [2.05, 4.69) is 12.2 Å². The van der Waals surface area contributed by atoms with Crippen molar-refractivity contribution >= 4 is 28.9 Å². The average molecular weight is 424 g/mol. The topological polar surface area (TPSA) is 75.4 Å². The minimum absolute atomic E-state index is 0.0209. The molecule has 1 saturated heterocycles. The molecule has 2 rings (SSSR count). The molecule has 1 heterocycles. The van der Waals surface area contributed by atoms with E-state index >= 15 is 0 Å². The summed E-state index contributed by atoms with van der Waals surface area (Å²) >= 11 is 5.23. The predicted molar refractivity (Wildman–Crippen MR) is 123 cm³/mol. The summed E-state index contributed by atoms with van der Waals surface area (Å²) in [6.45, 7) is 9.16. The Balaban J connectivity index is 1.89. The molecule has 1 amide bonds. The number of hydrogen-bond acceptors (Lipinski definition) is 4. The van der Waals surface area contributed by atoms with Crippen LogP contribution in [0.2, 0.25) is 0 Å². The molecule has 0 radical (unpaired) electrons. The Bertz CT molecular complexity index is 581. The minimum atomic E-state index is -0.460. The first kappa shape index (κ1) is 24.3. The Morgan fingerprint density at radius 1 is 1.21 bits per heavy atom. The fraction of sp³-hybridized carbons (Fsp3) is 0.870. The van der Waals surface area contributed by atoms with Crippen LogP contribution in [0.25, 0.3) is 0 Å². The van der Waals surface area contributed by atoms with Gasteiger partial charge in [-0.2, -0.15) is 0 Å². The van der Waals surface area contributed by atoms with Gasteiger partial charge in [-0.1, -0.05) is 59.2 Å². The lowest BCUT2D eigenvalue weighted by molar-refractivity contribution is -0.141. The lowest BCUT2D eigenvalue weighted by atomic mass is 9.70. The van der Waals surface area contributed by atoms with Crippen LogP contribution in [-0.2, 0) is 9.59 Å². The summed E-state index contributed by atoms with van der Waals surface area (Å²) in [4.78, 5) is 28.6. The van der Waals surface area contributed by atoms with E-state index in [0.29, 0.717) is 23.9 Å². The molecule has 2 fully saturated rings. The van der Waals surface area contributed by atoms with Gasteiger partial charge >= 0.3 is 0 Å². The zero-order chi connectivity index (χ0) is 21.6. The largest absolute Gasteiger partial charge is 0.367 e. The SMILES string of the molecule is CCCC[C@H]1C[C@H](CCC(=O)[C@H]2CCCN2C(=O)[C@@H](NC(=S)CN)C(C)(C)C)C1. The Labute approximate surface area is 182 Å². The van der Waals surface area contributed by atoms with E-state index in [0.717, 1.165) is 25.2 Å². The number of carbonyl (C=O) groups excluding carboxylic acids is 2. The molecule has 1 aliphatic carbocycles. The second-order valence-electron chi connectivity index (χ2n) is 10.1. The monoisotopic (exact) mass is 423 g/mol. The molecule has 2 atom stereocenters. The summed E-state index contributed by atoms with van der Waals surface area (Å²) in [7, 11) is 0. The van der Waals surface area contributed by atoms with Crippen LogP contribution in [0.1, 0.15) is 85.5 Å². The quantitative estimate of drug-likeness (QED) is 0.522. The van der Waals surface area contributed by atoms with Crippen molar-refractivity contribution in [2.75, 3.05) is 13.1 Å². The summed E-state index contributed by atoms with van der Waals surface area (Å²) in [6.07, 6.45) is 9.78. The second kappa shape index (κ2) is 10.9. The number of nitrogens with two attached hydrogens (primary N) is 1. The summed E-state index contributed by atoms with van der Waals surface area (Å²) in [5, 5.41) is 3.14. The van der Waals surface area contributed by atoms with E-state index < -0.39 is 6.04 Å². The maximum Gasteiger partial charge on any atom is 0.246 e. The van der Waals surface area contributed by atoms with Gasteiger partial charge in [0.05, 0.1) is 11.0 Å². The molecule has 0 spiro atoms. The first-order valence-electron chi connectivity index (χ1n) is 11.5. The molecule has 0 bridgehead atoms. The fourth-order valence-corrected chi connectivity index (χ4v) is 4.87. The van der Waals surface area contributed by atoms with E-state index in [1.165, 1.54) is 32.1 Å². The van der Waals surface area contributed by atoms with Gasteiger partial charge in [0.2, 0.25) is 5.91 Å². The van der Waals surface area contributed by atoms with Gasteiger partial charge in [0.1, 0.15) is 6.04 Å². The molecule has 1 aliphatic heterocycles. The highest BCUT2D eigenvalue weighted by Crippen LogP contribution is 2.40. The molecular formula is C23H41N3O2S. The van der Waals surface area contributed by atoms with Gasteiger partial charge < -0.3 is 16.0 Å². The number of Topliss-reactive ketones (excluding diaryl/α,β-unsaturated/α-hetero) is 1. The number of nitrogens with one attached hydrogen (secondary N) is 1. The zero-order valence-electron chi connectivity index (χ0n) is 18.8. The third-order valence-corrected chi connectivity index (χ3v) is 6.89. The summed E-state index contributed by atoms with van der Waals surface area (Å²) in [5.74, 6) is 1.80. The third-order valence-electron chi connectivity index (χ3n) is 6.61. The molecule has 5 nitrogen and oxygen atoms in total. The van der Waals surface area contributed by atoms with Crippen molar-refractivity contribution in [1.29, 1.82) is 0 Å². The lowest BCUT2D eigenvalue weighted by Gasteiger charge is -2.37. The molecule has 6 heteroatoms. The van der Waals surface area contributed by atoms with Crippen LogP contribution in [0.15, 0.2) is 0 Å². The molecule has 1 saturated carbocycles. The zero-order valence-corrected chi connectivity index (χ0v) is 19.7. The smallest absolute Gasteiger partial charge is 0.246 e. The van der Waals surface area contributed by atoms with Gasteiger partial charge in [-0.3, -0.25) is 9.59 Å². The van der Waals surface area contributed by atoms with Crippen LogP contribution >= 0.6 is 12.2 Å². The fourth-order valence-electron chi connectivity index (χ4n) is 4.75. The number of ketones is 1. The van der Waals surface area contributed by atoms with Gasteiger partial charge in [0.25, 0.3) is 0 Å². The van der Waals surface area contributed by atoms with Crippen molar-refractivity contribution in [2.24, 2.45) is 23.0 Å². The van der Waals surface area contributed by atoms with Gasteiger partial charge in [-0.05, 0) is 49.4 Å². The standard InChI is InChI=1S/C23H41N3O2S/c1-5-6-8-16-13-17(14-16)10-11-19(27)18-9-7-12-26(18)22(28)21(23(2,3)4)25-20(29)15-24/h16-18,21H,5-15,24H2,1-4H3,(H,25,29)/t16-,17-,18-,21-/m1/s1. The van der Waals surface area contributed by atoms with Crippen LogP contribution in [-0.4, -0.2) is 46.8 Å². The van der Waals surface area contributed by atoms with E-state index in [-0.39, 0.29) is 29.7 Å². The van der Waals surface area contributed by atoms with E-state index in [1.807, 2.05) is 20.8 Å². The number of thiocarbonyl (C=S) groups is 1. The highest BCUT2D eigenvalue weighted by atomic mass is 32.1. The first-order chi connectivity index (χ1) is 13.7. The Kier molecular flexibility index (Phi) is 9.08. The van der Waals surface area contributed by atoms with Gasteiger partial charge in [-0.25, -0.2) is 0 Å². The Hall–Kier alpha value is -1.01. The van der Waals surface area contributed by atoms with Crippen LogP contribution in [0.4, 0.5) is 0 Å². The van der Waals surface area contributed by atoms with Crippen molar-refractivity contribution in [1.82, 2.24) is 10.2 Å². The average Bonchev–Trinajstić information content (AvgIpc) is 3.12. The van der Waals surface area contributed by atoms with Crippen LogP contribution in [0.5, 0.6) is 0 Å². The van der Waals surface area contributed by atoms with Crippen molar-refractivity contribution in [3.63, 3.8) is 0 Å². The highest BCUT2D eigenvalue weighted by molar-refractivity contribution is 7.80. The van der Waals surface area contributed by atoms with Crippen molar-refractivity contribution in [3.05, 3.63) is 0 Å². The van der Waals surface area contributed by atoms with Gasteiger partial charge in [-0.15, -0.1) is 0 Å². The maximum absolute atomic E-state index is 13.3.